The SMILES string of the molecule is Cc1nnc(NC(=O)NCCc2cnn(C)c2)s1. The lowest BCUT2D eigenvalue weighted by molar-refractivity contribution is 0.252. The number of amides is 2. The van der Waals surface area contributed by atoms with Gasteiger partial charge in [0.1, 0.15) is 5.01 Å². The number of carbonyl (C=O) groups excluding carboxylic acids is 1. The molecule has 18 heavy (non-hydrogen) atoms. The van der Waals surface area contributed by atoms with Crippen molar-refractivity contribution in [2.24, 2.45) is 7.05 Å². The van der Waals surface area contributed by atoms with Crippen LogP contribution in [0.4, 0.5) is 9.93 Å². The molecule has 0 saturated heterocycles. The highest BCUT2D eigenvalue weighted by molar-refractivity contribution is 7.15. The Bertz CT molecular complexity index is 534. The van der Waals surface area contributed by atoms with Gasteiger partial charge >= 0.3 is 6.03 Å². The second-order valence-corrected chi connectivity index (χ2v) is 4.96. The van der Waals surface area contributed by atoms with Crippen LogP contribution in [0.3, 0.4) is 0 Å². The van der Waals surface area contributed by atoms with Crippen LogP contribution < -0.4 is 10.6 Å². The molecule has 0 bridgehead atoms. The van der Waals surface area contributed by atoms with Crippen LogP contribution in [-0.4, -0.2) is 32.6 Å². The van der Waals surface area contributed by atoms with E-state index in [0.29, 0.717) is 11.7 Å². The second kappa shape index (κ2) is 5.58. The molecule has 7 nitrogen and oxygen atoms in total. The number of hydrogen-bond donors (Lipinski definition) is 2. The molecule has 8 heteroatoms. The Balaban J connectivity index is 1.72. The first-order chi connectivity index (χ1) is 8.63. The van der Waals surface area contributed by atoms with Crippen LogP contribution >= 0.6 is 11.3 Å². The van der Waals surface area contributed by atoms with Crippen molar-refractivity contribution in [1.82, 2.24) is 25.3 Å². The van der Waals surface area contributed by atoms with Gasteiger partial charge in [-0.3, -0.25) is 10.00 Å². The fraction of sp³-hybridized carbons (Fsp3) is 0.400. The minimum atomic E-state index is -0.268. The number of rotatable bonds is 4. The molecular weight excluding hydrogens is 252 g/mol. The summed E-state index contributed by atoms with van der Waals surface area (Å²) in [6, 6.07) is -0.268. The average Bonchev–Trinajstić information content (AvgIpc) is 2.88. The molecule has 2 rings (SSSR count). The third-order valence-electron chi connectivity index (χ3n) is 2.20. The molecule has 2 N–H and O–H groups in total. The van der Waals surface area contributed by atoms with Gasteiger partial charge in [0.2, 0.25) is 5.13 Å². The third kappa shape index (κ3) is 3.52. The average molecular weight is 266 g/mol. The van der Waals surface area contributed by atoms with Crippen LogP contribution in [0.15, 0.2) is 12.4 Å². The summed E-state index contributed by atoms with van der Waals surface area (Å²) in [5.41, 5.74) is 1.09. The molecule has 2 aromatic rings. The minimum absolute atomic E-state index is 0.268. The Morgan fingerprint density at radius 1 is 1.50 bits per heavy atom. The Morgan fingerprint density at radius 3 is 2.94 bits per heavy atom. The number of anilines is 1. The van der Waals surface area contributed by atoms with Crippen molar-refractivity contribution in [2.75, 3.05) is 11.9 Å². The molecule has 0 aliphatic rings. The summed E-state index contributed by atoms with van der Waals surface area (Å²) < 4.78 is 1.74. The zero-order valence-electron chi connectivity index (χ0n) is 10.2. The summed E-state index contributed by atoms with van der Waals surface area (Å²) in [6.45, 7) is 2.39. The van der Waals surface area contributed by atoms with Gasteiger partial charge in [-0.1, -0.05) is 11.3 Å². The molecule has 0 radical (unpaired) electrons. The maximum absolute atomic E-state index is 11.5. The van der Waals surface area contributed by atoms with Gasteiger partial charge in [0.15, 0.2) is 0 Å². The molecule has 0 spiro atoms. The summed E-state index contributed by atoms with van der Waals surface area (Å²) >= 11 is 1.34. The first-order valence-electron chi connectivity index (χ1n) is 5.46. The van der Waals surface area contributed by atoms with Crippen molar-refractivity contribution in [3.05, 3.63) is 23.0 Å². The van der Waals surface area contributed by atoms with Crippen molar-refractivity contribution < 1.29 is 4.79 Å². The highest BCUT2D eigenvalue weighted by atomic mass is 32.1. The van der Waals surface area contributed by atoms with Crippen molar-refractivity contribution in [1.29, 1.82) is 0 Å². The molecule has 0 fully saturated rings. The lowest BCUT2D eigenvalue weighted by Crippen LogP contribution is -2.30. The summed E-state index contributed by atoms with van der Waals surface area (Å²) in [7, 11) is 1.86. The minimum Gasteiger partial charge on any atom is -0.337 e. The lowest BCUT2D eigenvalue weighted by Gasteiger charge is -2.03. The third-order valence-corrected chi connectivity index (χ3v) is 2.96. The van der Waals surface area contributed by atoms with Crippen LogP contribution in [0, 0.1) is 6.92 Å². The van der Waals surface area contributed by atoms with E-state index in [2.05, 4.69) is 25.9 Å². The van der Waals surface area contributed by atoms with Gasteiger partial charge in [-0.15, -0.1) is 10.2 Å². The lowest BCUT2D eigenvalue weighted by atomic mass is 10.2. The van der Waals surface area contributed by atoms with E-state index in [1.165, 1.54) is 11.3 Å². The Morgan fingerprint density at radius 2 is 2.33 bits per heavy atom. The Labute approximate surface area is 108 Å². The molecule has 0 saturated carbocycles. The standard InChI is InChI=1S/C10H14N6OS/c1-7-14-15-10(18-7)13-9(17)11-4-3-8-5-12-16(2)6-8/h5-6H,3-4H2,1-2H3,(H2,11,13,15,17). The zero-order valence-corrected chi connectivity index (χ0v) is 11.0. The molecule has 2 heterocycles. The molecule has 2 amide bonds. The highest BCUT2D eigenvalue weighted by Crippen LogP contribution is 2.12. The summed E-state index contributed by atoms with van der Waals surface area (Å²) in [4.78, 5) is 11.5. The molecule has 0 aliphatic carbocycles. The second-order valence-electron chi connectivity index (χ2n) is 3.78. The normalized spacial score (nSPS) is 10.3. The molecular formula is C10H14N6OS. The summed E-state index contributed by atoms with van der Waals surface area (Å²) in [6.07, 6.45) is 4.46. The van der Waals surface area contributed by atoms with E-state index in [-0.39, 0.29) is 6.03 Å². The summed E-state index contributed by atoms with van der Waals surface area (Å²) in [5, 5.41) is 18.4. The van der Waals surface area contributed by atoms with Crippen molar-refractivity contribution in [2.45, 2.75) is 13.3 Å². The topological polar surface area (TPSA) is 84.7 Å². The number of urea groups is 1. The van der Waals surface area contributed by atoms with E-state index >= 15 is 0 Å². The van der Waals surface area contributed by atoms with Gasteiger partial charge in [-0.25, -0.2) is 4.79 Å². The quantitative estimate of drug-likeness (QED) is 0.862. The van der Waals surface area contributed by atoms with Gasteiger partial charge in [0.05, 0.1) is 6.20 Å². The molecule has 0 aromatic carbocycles. The van der Waals surface area contributed by atoms with Crippen LogP contribution in [0.5, 0.6) is 0 Å². The van der Waals surface area contributed by atoms with Crippen molar-refractivity contribution in [3.63, 3.8) is 0 Å². The number of carbonyl (C=O) groups is 1. The van der Waals surface area contributed by atoms with E-state index in [1.54, 1.807) is 10.9 Å². The highest BCUT2D eigenvalue weighted by Gasteiger charge is 2.05. The van der Waals surface area contributed by atoms with Crippen LogP contribution in [0.1, 0.15) is 10.6 Å². The van der Waals surface area contributed by atoms with Crippen LogP contribution in [0.25, 0.3) is 0 Å². The predicted octanol–water partition coefficient (Wildman–Crippen LogP) is 0.944. The Hall–Kier alpha value is -1.96. The predicted molar refractivity (Wildman–Crippen MR) is 68.6 cm³/mol. The number of aryl methyl sites for hydroxylation is 2. The number of aromatic nitrogens is 4. The largest absolute Gasteiger partial charge is 0.337 e. The number of nitrogens with one attached hydrogen (secondary N) is 2. The van der Waals surface area contributed by atoms with Crippen molar-refractivity contribution >= 4 is 22.5 Å². The smallest absolute Gasteiger partial charge is 0.321 e. The molecule has 0 atom stereocenters. The van der Waals surface area contributed by atoms with Gasteiger partial charge in [-0.2, -0.15) is 5.10 Å². The first-order valence-corrected chi connectivity index (χ1v) is 6.27. The van der Waals surface area contributed by atoms with Crippen LogP contribution in [0.2, 0.25) is 0 Å². The van der Waals surface area contributed by atoms with E-state index in [0.717, 1.165) is 17.0 Å². The van der Waals surface area contributed by atoms with Gasteiger partial charge in [0.25, 0.3) is 0 Å². The monoisotopic (exact) mass is 266 g/mol. The van der Waals surface area contributed by atoms with Crippen molar-refractivity contribution in [3.8, 4) is 0 Å². The number of nitrogens with zero attached hydrogens (tertiary/aromatic N) is 4. The van der Waals surface area contributed by atoms with Crippen LogP contribution in [-0.2, 0) is 13.5 Å². The fourth-order valence-corrected chi connectivity index (χ4v) is 2.00. The van der Waals surface area contributed by atoms with E-state index in [1.807, 2.05) is 20.2 Å². The van der Waals surface area contributed by atoms with E-state index in [4.69, 9.17) is 0 Å². The Kier molecular flexibility index (Phi) is 3.88. The molecule has 96 valence electrons. The van der Waals surface area contributed by atoms with E-state index < -0.39 is 0 Å². The number of hydrogen-bond acceptors (Lipinski definition) is 5. The summed E-state index contributed by atoms with van der Waals surface area (Å²) in [5.74, 6) is 0. The maximum atomic E-state index is 11.5. The molecule has 0 unspecified atom stereocenters. The molecule has 2 aromatic heterocycles. The van der Waals surface area contributed by atoms with E-state index in [9.17, 15) is 4.79 Å². The fourth-order valence-electron chi connectivity index (χ4n) is 1.41. The van der Waals surface area contributed by atoms with Gasteiger partial charge in [-0.05, 0) is 18.9 Å². The molecule has 0 aliphatic heterocycles. The maximum Gasteiger partial charge on any atom is 0.321 e. The van der Waals surface area contributed by atoms with Gasteiger partial charge < -0.3 is 5.32 Å². The zero-order chi connectivity index (χ0) is 13.0. The van der Waals surface area contributed by atoms with Gasteiger partial charge in [0, 0.05) is 19.8 Å². The first kappa shape index (κ1) is 12.5.